The SMILES string of the molecule is COc1cc(SC)ccc1C(=O)NC1CCN2C(=O)c3cc(Br)ccc3NC(=O)C2C1. The molecule has 2 aromatic carbocycles. The Bertz CT molecular complexity index is 1060. The first kappa shape index (κ1) is 21.7. The van der Waals surface area contributed by atoms with Crippen LogP contribution in [-0.2, 0) is 4.79 Å². The molecule has 31 heavy (non-hydrogen) atoms. The van der Waals surface area contributed by atoms with Crippen LogP contribution in [0.3, 0.4) is 0 Å². The highest BCUT2D eigenvalue weighted by Gasteiger charge is 2.40. The lowest BCUT2D eigenvalue weighted by Gasteiger charge is -2.37. The molecule has 0 aliphatic carbocycles. The zero-order valence-electron chi connectivity index (χ0n) is 17.1. The number of halogens is 1. The van der Waals surface area contributed by atoms with Gasteiger partial charge in [0.2, 0.25) is 5.91 Å². The third kappa shape index (κ3) is 4.29. The Balaban J connectivity index is 1.51. The lowest BCUT2D eigenvalue weighted by Crippen LogP contribution is -2.55. The molecule has 3 amide bonds. The van der Waals surface area contributed by atoms with Crippen molar-refractivity contribution in [3.63, 3.8) is 0 Å². The van der Waals surface area contributed by atoms with E-state index in [1.807, 2.05) is 18.4 Å². The largest absolute Gasteiger partial charge is 0.496 e. The van der Waals surface area contributed by atoms with Gasteiger partial charge in [0.25, 0.3) is 11.8 Å². The number of ether oxygens (including phenoxy) is 1. The lowest BCUT2D eigenvalue weighted by atomic mass is 9.95. The third-order valence-electron chi connectivity index (χ3n) is 5.62. The molecule has 162 valence electrons. The molecule has 4 rings (SSSR count). The van der Waals surface area contributed by atoms with E-state index < -0.39 is 6.04 Å². The van der Waals surface area contributed by atoms with Gasteiger partial charge in [-0.1, -0.05) is 15.9 Å². The first-order valence-electron chi connectivity index (χ1n) is 9.85. The molecule has 0 saturated carbocycles. The number of piperidine rings is 1. The van der Waals surface area contributed by atoms with E-state index in [1.165, 1.54) is 7.11 Å². The molecule has 2 heterocycles. The molecule has 2 N–H and O–H groups in total. The Hall–Kier alpha value is -2.52. The van der Waals surface area contributed by atoms with Crippen LogP contribution >= 0.6 is 27.7 Å². The van der Waals surface area contributed by atoms with Crippen LogP contribution in [-0.4, -0.2) is 54.6 Å². The molecule has 1 saturated heterocycles. The second-order valence-corrected chi connectivity index (χ2v) is 9.25. The summed E-state index contributed by atoms with van der Waals surface area (Å²) in [5.41, 5.74) is 1.42. The fourth-order valence-corrected chi connectivity index (χ4v) is 4.80. The molecule has 2 aromatic rings. The van der Waals surface area contributed by atoms with Gasteiger partial charge < -0.3 is 20.3 Å². The van der Waals surface area contributed by atoms with Crippen molar-refractivity contribution in [2.24, 2.45) is 0 Å². The topological polar surface area (TPSA) is 87.7 Å². The highest BCUT2D eigenvalue weighted by molar-refractivity contribution is 9.10. The van der Waals surface area contributed by atoms with Crippen LogP contribution in [0.4, 0.5) is 5.69 Å². The van der Waals surface area contributed by atoms with Gasteiger partial charge >= 0.3 is 0 Å². The van der Waals surface area contributed by atoms with Gasteiger partial charge in [-0.25, -0.2) is 0 Å². The van der Waals surface area contributed by atoms with Crippen molar-refractivity contribution < 1.29 is 19.1 Å². The second kappa shape index (κ2) is 8.92. The average molecular weight is 504 g/mol. The summed E-state index contributed by atoms with van der Waals surface area (Å²) in [6, 6.07) is 9.80. The third-order valence-corrected chi connectivity index (χ3v) is 6.84. The summed E-state index contributed by atoms with van der Waals surface area (Å²) in [5, 5.41) is 5.87. The number of nitrogens with one attached hydrogen (secondary N) is 2. The molecule has 2 aliphatic heterocycles. The smallest absolute Gasteiger partial charge is 0.256 e. The molecule has 0 spiro atoms. The van der Waals surface area contributed by atoms with Gasteiger partial charge in [-0.15, -0.1) is 11.8 Å². The Morgan fingerprint density at radius 2 is 2.06 bits per heavy atom. The van der Waals surface area contributed by atoms with Gasteiger partial charge in [-0.05, 0) is 55.5 Å². The molecule has 1 fully saturated rings. The Morgan fingerprint density at radius 1 is 1.26 bits per heavy atom. The first-order valence-corrected chi connectivity index (χ1v) is 11.9. The zero-order chi connectivity index (χ0) is 22.1. The summed E-state index contributed by atoms with van der Waals surface area (Å²) in [6.07, 6.45) is 2.87. The van der Waals surface area contributed by atoms with E-state index in [1.54, 1.807) is 40.9 Å². The summed E-state index contributed by atoms with van der Waals surface area (Å²) >= 11 is 4.95. The van der Waals surface area contributed by atoms with Crippen molar-refractivity contribution in [3.05, 3.63) is 52.0 Å². The van der Waals surface area contributed by atoms with Crippen LogP contribution in [0.25, 0.3) is 0 Å². The number of amides is 3. The highest BCUT2D eigenvalue weighted by Crippen LogP contribution is 2.31. The maximum Gasteiger partial charge on any atom is 0.256 e. The maximum absolute atomic E-state index is 13.1. The monoisotopic (exact) mass is 503 g/mol. The number of carbonyl (C=O) groups is 3. The number of methoxy groups -OCH3 is 1. The number of nitrogens with zero attached hydrogens (tertiary/aromatic N) is 1. The molecular formula is C22H22BrN3O4S. The summed E-state index contributed by atoms with van der Waals surface area (Å²) in [4.78, 5) is 41.4. The number of carbonyl (C=O) groups excluding carboxylic acids is 3. The molecule has 9 heteroatoms. The lowest BCUT2D eigenvalue weighted by molar-refractivity contribution is -0.121. The van der Waals surface area contributed by atoms with Crippen LogP contribution in [0.5, 0.6) is 5.75 Å². The Labute approximate surface area is 193 Å². The van der Waals surface area contributed by atoms with Crippen molar-refractivity contribution in [1.82, 2.24) is 10.2 Å². The second-order valence-electron chi connectivity index (χ2n) is 7.45. The molecule has 2 unspecified atom stereocenters. The van der Waals surface area contributed by atoms with Crippen molar-refractivity contribution in [2.75, 3.05) is 25.2 Å². The zero-order valence-corrected chi connectivity index (χ0v) is 19.5. The minimum Gasteiger partial charge on any atom is -0.496 e. The standard InChI is InChI=1S/C22H22BrN3O4S/c1-30-19-11-14(31-2)4-5-15(19)20(27)24-13-7-8-26-18(10-13)21(28)25-17-6-3-12(23)9-16(17)22(26)29/h3-6,9,11,13,18H,7-8,10H2,1-2H3,(H,24,27)(H,25,28). The number of benzene rings is 2. The van der Waals surface area contributed by atoms with Crippen molar-refractivity contribution in [2.45, 2.75) is 29.8 Å². The van der Waals surface area contributed by atoms with Gasteiger partial charge in [-0.2, -0.15) is 0 Å². The van der Waals surface area contributed by atoms with Crippen LogP contribution in [0.1, 0.15) is 33.6 Å². The van der Waals surface area contributed by atoms with Crippen molar-refractivity contribution >= 4 is 51.1 Å². The minimum atomic E-state index is -0.640. The van der Waals surface area contributed by atoms with E-state index in [2.05, 4.69) is 26.6 Å². The van der Waals surface area contributed by atoms with E-state index in [0.717, 1.165) is 9.37 Å². The Kier molecular flexibility index (Phi) is 6.24. The minimum absolute atomic E-state index is 0.182. The van der Waals surface area contributed by atoms with Crippen LogP contribution in [0.2, 0.25) is 0 Å². The number of anilines is 1. The van der Waals surface area contributed by atoms with Crippen molar-refractivity contribution in [3.8, 4) is 5.75 Å². The fourth-order valence-electron chi connectivity index (χ4n) is 4.01. The molecule has 2 aliphatic rings. The van der Waals surface area contributed by atoms with Gasteiger partial charge in [0.15, 0.2) is 0 Å². The van der Waals surface area contributed by atoms with Crippen LogP contribution in [0.15, 0.2) is 45.8 Å². The van der Waals surface area contributed by atoms with E-state index in [-0.39, 0.29) is 23.8 Å². The van der Waals surface area contributed by atoms with Gasteiger partial charge in [0, 0.05) is 22.0 Å². The molecule has 0 bridgehead atoms. The predicted molar refractivity (Wildman–Crippen MR) is 123 cm³/mol. The summed E-state index contributed by atoms with van der Waals surface area (Å²) < 4.78 is 6.16. The highest BCUT2D eigenvalue weighted by atomic mass is 79.9. The molecule has 7 nitrogen and oxygen atoms in total. The first-order chi connectivity index (χ1) is 14.9. The molecule has 0 aromatic heterocycles. The number of fused-ring (bicyclic) bond motifs is 2. The maximum atomic E-state index is 13.1. The number of hydrogen-bond acceptors (Lipinski definition) is 5. The van der Waals surface area contributed by atoms with E-state index in [9.17, 15) is 14.4 Å². The quantitative estimate of drug-likeness (QED) is 0.623. The normalized spacial score (nSPS) is 20.3. The van der Waals surface area contributed by atoms with Gasteiger partial charge in [-0.3, -0.25) is 14.4 Å². The molecule has 0 radical (unpaired) electrons. The fraction of sp³-hybridized carbons (Fsp3) is 0.318. The van der Waals surface area contributed by atoms with Gasteiger partial charge in [0.1, 0.15) is 11.8 Å². The Morgan fingerprint density at radius 3 is 2.81 bits per heavy atom. The average Bonchev–Trinajstić information content (AvgIpc) is 2.88. The predicted octanol–water partition coefficient (Wildman–Crippen LogP) is 3.53. The van der Waals surface area contributed by atoms with Gasteiger partial charge in [0.05, 0.1) is 23.9 Å². The number of rotatable bonds is 4. The van der Waals surface area contributed by atoms with E-state index in [0.29, 0.717) is 42.0 Å². The number of thioether (sulfide) groups is 1. The summed E-state index contributed by atoms with van der Waals surface area (Å²) in [5.74, 6) is -0.172. The van der Waals surface area contributed by atoms with E-state index in [4.69, 9.17) is 4.74 Å². The van der Waals surface area contributed by atoms with Crippen molar-refractivity contribution in [1.29, 1.82) is 0 Å². The van der Waals surface area contributed by atoms with E-state index >= 15 is 0 Å². The summed E-state index contributed by atoms with van der Waals surface area (Å²) in [7, 11) is 1.53. The molecule has 2 atom stereocenters. The molecular weight excluding hydrogens is 482 g/mol. The number of hydrogen-bond donors (Lipinski definition) is 2. The van der Waals surface area contributed by atoms with Crippen LogP contribution < -0.4 is 15.4 Å². The van der Waals surface area contributed by atoms with Crippen LogP contribution in [0, 0.1) is 0 Å². The summed E-state index contributed by atoms with van der Waals surface area (Å²) in [6.45, 7) is 0.385.